The summed E-state index contributed by atoms with van der Waals surface area (Å²) in [5, 5.41) is 16.2. The molecule has 3 rings (SSSR count). The number of anilines is 2. The van der Waals surface area contributed by atoms with E-state index in [1.54, 1.807) is 48.5 Å². The second-order valence-corrected chi connectivity index (χ2v) is 9.55. The monoisotopic (exact) mass is 591 g/mol. The van der Waals surface area contributed by atoms with Crippen LogP contribution >= 0.6 is 0 Å². The van der Waals surface area contributed by atoms with Crippen LogP contribution in [0.3, 0.4) is 0 Å². The first kappa shape index (κ1) is 32.4. The van der Waals surface area contributed by atoms with Crippen molar-refractivity contribution in [3.05, 3.63) is 60.7 Å². The standard InChI is InChI=1S/C29H33N7O7/c1-43-24(15-19(30)18-37)3-2-4-25(38)31-16-26(39)32-20-5-9-22(10-6-20)34-35-23-11-7-21(8-12-23)33-27(40)17-36-28(41)13-14-29(36)42/h5-14,18-19,24H,2-4,15-17,30H2,1H3,(H,31,38)(H,32,39)(H,33,40)/b35-34-/t19-,24+/m0/s1. The number of methoxy groups -OCH3 is 1. The lowest BCUT2D eigenvalue weighted by molar-refractivity contribution is -0.139. The van der Waals surface area contributed by atoms with Gasteiger partial charge in [0.2, 0.25) is 17.7 Å². The van der Waals surface area contributed by atoms with Crippen molar-refractivity contribution < 1.29 is 33.5 Å². The van der Waals surface area contributed by atoms with Crippen LogP contribution in [0.25, 0.3) is 0 Å². The number of carbonyl (C=O) groups is 6. The summed E-state index contributed by atoms with van der Waals surface area (Å²) >= 11 is 0. The topological polar surface area (TPSA) is 202 Å². The van der Waals surface area contributed by atoms with E-state index in [0.29, 0.717) is 48.3 Å². The molecule has 0 spiro atoms. The fourth-order valence-electron chi connectivity index (χ4n) is 3.92. The number of amides is 5. The zero-order valence-electron chi connectivity index (χ0n) is 23.5. The Bertz CT molecular complexity index is 1360. The maximum Gasteiger partial charge on any atom is 0.254 e. The minimum atomic E-state index is -0.603. The molecule has 226 valence electrons. The van der Waals surface area contributed by atoms with Gasteiger partial charge in [-0.15, -0.1) is 0 Å². The fourth-order valence-corrected chi connectivity index (χ4v) is 3.92. The number of hydrogen-bond acceptors (Lipinski definition) is 10. The molecule has 43 heavy (non-hydrogen) atoms. The van der Waals surface area contributed by atoms with E-state index in [1.165, 1.54) is 7.11 Å². The van der Waals surface area contributed by atoms with Gasteiger partial charge in [-0.25, -0.2) is 0 Å². The molecule has 0 aliphatic carbocycles. The van der Waals surface area contributed by atoms with Crippen LogP contribution in [0, 0.1) is 0 Å². The van der Waals surface area contributed by atoms with Gasteiger partial charge in [-0.3, -0.25) is 28.9 Å². The molecular weight excluding hydrogens is 558 g/mol. The van der Waals surface area contributed by atoms with Crippen LogP contribution in [0.4, 0.5) is 22.7 Å². The Morgan fingerprint density at radius 1 is 0.884 bits per heavy atom. The number of nitrogens with two attached hydrogens (primary N) is 1. The highest BCUT2D eigenvalue weighted by molar-refractivity contribution is 6.15. The highest BCUT2D eigenvalue weighted by Gasteiger charge is 2.25. The molecule has 2 atom stereocenters. The molecule has 5 amide bonds. The van der Waals surface area contributed by atoms with E-state index >= 15 is 0 Å². The van der Waals surface area contributed by atoms with E-state index in [9.17, 15) is 28.8 Å². The van der Waals surface area contributed by atoms with Crippen molar-refractivity contribution in [2.45, 2.75) is 37.8 Å². The molecule has 2 aromatic carbocycles. The Balaban J connectivity index is 1.37. The molecule has 14 heteroatoms. The minimum absolute atomic E-state index is 0.188. The van der Waals surface area contributed by atoms with Gasteiger partial charge < -0.3 is 31.2 Å². The first-order valence-corrected chi connectivity index (χ1v) is 13.4. The minimum Gasteiger partial charge on any atom is -0.381 e. The van der Waals surface area contributed by atoms with Crippen molar-refractivity contribution in [2.75, 3.05) is 30.8 Å². The van der Waals surface area contributed by atoms with Crippen molar-refractivity contribution in [3.8, 4) is 0 Å². The van der Waals surface area contributed by atoms with Gasteiger partial charge >= 0.3 is 0 Å². The lowest BCUT2D eigenvalue weighted by Crippen LogP contribution is -2.37. The number of hydrogen-bond donors (Lipinski definition) is 4. The first-order chi connectivity index (χ1) is 20.7. The second-order valence-electron chi connectivity index (χ2n) is 9.55. The number of ether oxygens (including phenoxy) is 1. The van der Waals surface area contributed by atoms with Crippen LogP contribution in [0.2, 0.25) is 0 Å². The van der Waals surface area contributed by atoms with Gasteiger partial charge in [-0.05, 0) is 67.8 Å². The third-order valence-corrected chi connectivity index (χ3v) is 6.20. The van der Waals surface area contributed by atoms with Gasteiger partial charge in [-0.1, -0.05) is 0 Å². The molecular formula is C29H33N7O7. The largest absolute Gasteiger partial charge is 0.381 e. The van der Waals surface area contributed by atoms with Gasteiger partial charge in [0, 0.05) is 37.1 Å². The third kappa shape index (κ3) is 11.0. The Hall–Kier alpha value is -5.08. The summed E-state index contributed by atoms with van der Waals surface area (Å²) < 4.78 is 5.27. The van der Waals surface area contributed by atoms with Crippen molar-refractivity contribution in [1.82, 2.24) is 10.2 Å². The normalized spacial score (nSPS) is 14.0. The zero-order chi connectivity index (χ0) is 31.2. The van der Waals surface area contributed by atoms with Crippen LogP contribution in [0.1, 0.15) is 25.7 Å². The van der Waals surface area contributed by atoms with Gasteiger partial charge in [0.1, 0.15) is 12.8 Å². The third-order valence-electron chi connectivity index (χ3n) is 6.20. The zero-order valence-corrected chi connectivity index (χ0v) is 23.5. The number of azo groups is 1. The molecule has 2 aromatic rings. The molecule has 0 fully saturated rings. The molecule has 1 heterocycles. The molecule has 14 nitrogen and oxygen atoms in total. The Morgan fingerprint density at radius 2 is 1.42 bits per heavy atom. The van der Waals surface area contributed by atoms with Crippen LogP contribution in [-0.2, 0) is 33.5 Å². The number of nitrogens with one attached hydrogen (secondary N) is 3. The van der Waals surface area contributed by atoms with Crippen molar-refractivity contribution in [1.29, 1.82) is 0 Å². The average Bonchev–Trinajstić information content (AvgIpc) is 3.31. The highest BCUT2D eigenvalue weighted by Crippen LogP contribution is 2.22. The summed E-state index contributed by atoms with van der Waals surface area (Å²) in [6, 6.07) is 12.5. The summed E-state index contributed by atoms with van der Waals surface area (Å²) in [4.78, 5) is 71.1. The van der Waals surface area contributed by atoms with Gasteiger partial charge in [0.25, 0.3) is 11.8 Å². The predicted molar refractivity (Wildman–Crippen MR) is 156 cm³/mol. The molecule has 0 saturated heterocycles. The molecule has 1 aliphatic rings. The first-order valence-electron chi connectivity index (χ1n) is 13.4. The van der Waals surface area contributed by atoms with E-state index in [-0.39, 0.29) is 31.5 Å². The quantitative estimate of drug-likeness (QED) is 0.129. The summed E-state index contributed by atoms with van der Waals surface area (Å²) in [5.74, 6) is -2.25. The molecule has 5 N–H and O–H groups in total. The Labute approximate surface area is 247 Å². The summed E-state index contributed by atoms with van der Waals surface area (Å²) in [5.41, 5.74) is 7.63. The van der Waals surface area contributed by atoms with Crippen LogP contribution in [0.15, 0.2) is 70.9 Å². The second kappa shape index (κ2) is 16.4. The van der Waals surface area contributed by atoms with Gasteiger partial charge in [0.05, 0.1) is 30.1 Å². The molecule has 1 aliphatic heterocycles. The Kier molecular flexibility index (Phi) is 12.4. The van der Waals surface area contributed by atoms with E-state index in [4.69, 9.17) is 10.5 Å². The number of imide groups is 1. The molecule has 0 saturated carbocycles. The van der Waals surface area contributed by atoms with Crippen molar-refractivity contribution >= 4 is 58.6 Å². The van der Waals surface area contributed by atoms with Crippen molar-refractivity contribution in [2.24, 2.45) is 16.0 Å². The van der Waals surface area contributed by atoms with Crippen LogP contribution in [-0.4, -0.2) is 73.1 Å². The maximum atomic E-state index is 12.2. The number of aldehydes is 1. The van der Waals surface area contributed by atoms with Gasteiger partial charge in [0.15, 0.2) is 0 Å². The van der Waals surface area contributed by atoms with E-state index < -0.39 is 29.7 Å². The SMILES string of the molecule is CO[C@H](CCCC(=O)NCC(=O)Nc1ccc(/N=N\c2ccc(NC(=O)CN3C(=O)C=CC3=O)cc2)cc1)C[C@H](N)C=O. The maximum absolute atomic E-state index is 12.2. The number of carbonyl (C=O) groups excluding carboxylic acids is 6. The van der Waals surface area contributed by atoms with E-state index in [2.05, 4.69) is 26.2 Å². The van der Waals surface area contributed by atoms with Gasteiger partial charge in [-0.2, -0.15) is 10.2 Å². The molecule has 0 unspecified atom stereocenters. The summed E-state index contributed by atoms with van der Waals surface area (Å²) in [7, 11) is 1.53. The number of nitrogens with zero attached hydrogens (tertiary/aromatic N) is 3. The molecule has 0 radical (unpaired) electrons. The summed E-state index contributed by atoms with van der Waals surface area (Å²) in [6.07, 6.45) is 4.35. The summed E-state index contributed by atoms with van der Waals surface area (Å²) in [6.45, 7) is -0.569. The molecule has 0 aromatic heterocycles. The lowest BCUT2D eigenvalue weighted by Gasteiger charge is -2.16. The lowest BCUT2D eigenvalue weighted by atomic mass is 10.0. The Morgan fingerprint density at radius 3 is 1.93 bits per heavy atom. The number of rotatable bonds is 16. The predicted octanol–water partition coefficient (Wildman–Crippen LogP) is 2.12. The highest BCUT2D eigenvalue weighted by atomic mass is 16.5. The smallest absolute Gasteiger partial charge is 0.254 e. The van der Waals surface area contributed by atoms with E-state index in [1.807, 2.05) is 0 Å². The average molecular weight is 592 g/mol. The van der Waals surface area contributed by atoms with E-state index in [0.717, 1.165) is 17.1 Å². The van der Waals surface area contributed by atoms with Crippen LogP contribution < -0.4 is 21.7 Å². The fraction of sp³-hybridized carbons (Fsp3) is 0.310. The van der Waals surface area contributed by atoms with Crippen molar-refractivity contribution in [3.63, 3.8) is 0 Å². The van der Waals surface area contributed by atoms with Crippen LogP contribution in [0.5, 0.6) is 0 Å². The number of benzene rings is 2. The molecule has 0 bridgehead atoms.